The number of halogens is 1. The highest BCUT2D eigenvalue weighted by Gasteiger charge is 2.20. The summed E-state index contributed by atoms with van der Waals surface area (Å²) in [6, 6.07) is 8.80. The van der Waals surface area contributed by atoms with Gasteiger partial charge in [0.1, 0.15) is 11.3 Å². The Morgan fingerprint density at radius 2 is 2.04 bits per heavy atom. The topological polar surface area (TPSA) is 48.5 Å². The summed E-state index contributed by atoms with van der Waals surface area (Å²) >= 11 is 2.99. The first-order valence-corrected chi connectivity index (χ1v) is 10.2. The van der Waals surface area contributed by atoms with Crippen LogP contribution >= 0.6 is 22.7 Å². The second kappa shape index (κ2) is 7.69. The lowest BCUT2D eigenvalue weighted by Gasteiger charge is -2.34. The van der Waals surface area contributed by atoms with E-state index in [1.165, 1.54) is 28.7 Å². The molecule has 1 saturated heterocycles. The van der Waals surface area contributed by atoms with E-state index in [4.69, 9.17) is 0 Å². The molecule has 1 N–H and O–H groups in total. The number of benzene rings is 1. The van der Waals surface area contributed by atoms with Gasteiger partial charge in [0, 0.05) is 39.3 Å². The molecule has 0 atom stereocenters. The number of thiophene rings is 1. The lowest BCUT2D eigenvalue weighted by Crippen LogP contribution is -2.48. The van der Waals surface area contributed by atoms with Gasteiger partial charge in [0.2, 0.25) is 0 Å². The Hall–Kier alpha value is -2.03. The second-order valence-corrected chi connectivity index (χ2v) is 8.10. The quantitative estimate of drug-likeness (QED) is 0.728. The molecule has 4 rings (SSSR count). The fraction of sp³-hybridized carbons (Fsp3) is 0.333. The highest BCUT2D eigenvalue weighted by molar-refractivity contribution is 7.22. The van der Waals surface area contributed by atoms with Crippen molar-refractivity contribution in [2.75, 3.05) is 44.2 Å². The smallest absolute Gasteiger partial charge is 0.261 e. The lowest BCUT2D eigenvalue weighted by molar-refractivity contribution is 0.0952. The molecule has 1 amide bonds. The maximum absolute atomic E-state index is 13.8. The number of para-hydroxylation sites is 1. The molecule has 5 nitrogen and oxygen atoms in total. The Balaban J connectivity index is 1.27. The summed E-state index contributed by atoms with van der Waals surface area (Å²) in [6.07, 6.45) is 0. The van der Waals surface area contributed by atoms with Crippen LogP contribution in [0.1, 0.15) is 9.67 Å². The van der Waals surface area contributed by atoms with Gasteiger partial charge in [0.05, 0.1) is 9.58 Å². The molecular weight excluding hydrogens is 371 g/mol. The third-order valence-corrected chi connectivity index (χ3v) is 6.41. The van der Waals surface area contributed by atoms with Gasteiger partial charge in [-0.1, -0.05) is 23.5 Å². The predicted octanol–water partition coefficient (Wildman–Crippen LogP) is 3.05. The fourth-order valence-corrected chi connectivity index (χ4v) is 4.70. The number of hydrogen-bond acceptors (Lipinski definition) is 6. The number of nitrogens with one attached hydrogen (secondary N) is 1. The average Bonchev–Trinajstić information content (AvgIpc) is 3.33. The van der Waals surface area contributed by atoms with Gasteiger partial charge in [0.15, 0.2) is 5.13 Å². The molecule has 0 spiro atoms. The van der Waals surface area contributed by atoms with E-state index in [1.807, 2.05) is 23.6 Å². The number of carbonyl (C=O) groups is 1. The van der Waals surface area contributed by atoms with E-state index in [0.717, 1.165) is 47.4 Å². The molecule has 0 aliphatic carbocycles. The number of thiazole rings is 1. The van der Waals surface area contributed by atoms with Crippen molar-refractivity contribution in [2.45, 2.75) is 0 Å². The molecule has 3 aromatic rings. The summed E-state index contributed by atoms with van der Waals surface area (Å²) in [6.45, 7) is 5.02. The minimum atomic E-state index is -0.259. The van der Waals surface area contributed by atoms with Crippen LogP contribution in [-0.2, 0) is 0 Å². The summed E-state index contributed by atoms with van der Waals surface area (Å²) in [5.41, 5.74) is 0.464. The van der Waals surface area contributed by atoms with Gasteiger partial charge < -0.3 is 10.2 Å². The van der Waals surface area contributed by atoms with Crippen molar-refractivity contribution < 1.29 is 9.18 Å². The largest absolute Gasteiger partial charge is 0.350 e. The van der Waals surface area contributed by atoms with Crippen LogP contribution < -0.4 is 10.2 Å². The first kappa shape index (κ1) is 17.4. The molecule has 8 heteroatoms. The van der Waals surface area contributed by atoms with Crippen LogP contribution in [0, 0.1) is 5.82 Å². The van der Waals surface area contributed by atoms with Crippen LogP contribution in [0.3, 0.4) is 0 Å². The van der Waals surface area contributed by atoms with Crippen molar-refractivity contribution in [3.63, 3.8) is 0 Å². The third kappa shape index (κ3) is 3.72. The van der Waals surface area contributed by atoms with E-state index in [2.05, 4.69) is 20.1 Å². The molecule has 0 radical (unpaired) electrons. The van der Waals surface area contributed by atoms with Crippen LogP contribution in [0.15, 0.2) is 35.7 Å². The molecular formula is C18H19FN4OS2. The molecule has 0 bridgehead atoms. The molecule has 3 heterocycles. The molecule has 1 aliphatic heterocycles. The van der Waals surface area contributed by atoms with Crippen molar-refractivity contribution in [3.8, 4) is 0 Å². The van der Waals surface area contributed by atoms with E-state index in [9.17, 15) is 9.18 Å². The molecule has 1 aliphatic rings. The molecule has 2 aromatic heterocycles. The Morgan fingerprint density at radius 1 is 1.19 bits per heavy atom. The zero-order valence-corrected chi connectivity index (χ0v) is 15.8. The highest BCUT2D eigenvalue weighted by Crippen LogP contribution is 2.30. The van der Waals surface area contributed by atoms with Crippen molar-refractivity contribution in [1.29, 1.82) is 0 Å². The van der Waals surface area contributed by atoms with Crippen LogP contribution in [0.4, 0.5) is 9.52 Å². The fourth-order valence-electron chi connectivity index (χ4n) is 3.02. The number of rotatable bonds is 5. The van der Waals surface area contributed by atoms with Crippen molar-refractivity contribution in [1.82, 2.24) is 15.2 Å². The summed E-state index contributed by atoms with van der Waals surface area (Å²) in [7, 11) is 0. The second-order valence-electron chi connectivity index (χ2n) is 6.14. The number of hydrogen-bond donors (Lipinski definition) is 1. The van der Waals surface area contributed by atoms with Gasteiger partial charge in [-0.25, -0.2) is 9.37 Å². The molecule has 1 aromatic carbocycles. The number of fused-ring (bicyclic) bond motifs is 1. The maximum Gasteiger partial charge on any atom is 0.261 e. The van der Waals surface area contributed by atoms with E-state index in [1.54, 1.807) is 6.07 Å². The van der Waals surface area contributed by atoms with E-state index in [0.29, 0.717) is 12.1 Å². The van der Waals surface area contributed by atoms with Crippen molar-refractivity contribution >= 4 is 43.9 Å². The molecule has 26 heavy (non-hydrogen) atoms. The SMILES string of the molecule is O=C(NCCN1CCN(c2nc3c(F)cccc3s2)CC1)c1cccs1. The summed E-state index contributed by atoms with van der Waals surface area (Å²) in [5, 5.41) is 5.75. The number of nitrogens with zero attached hydrogens (tertiary/aromatic N) is 3. The zero-order valence-electron chi connectivity index (χ0n) is 14.2. The predicted molar refractivity (Wildman–Crippen MR) is 105 cm³/mol. The lowest BCUT2D eigenvalue weighted by atomic mass is 10.3. The number of carbonyl (C=O) groups excluding carboxylic acids is 1. The van der Waals surface area contributed by atoms with Crippen molar-refractivity contribution in [3.05, 3.63) is 46.4 Å². The van der Waals surface area contributed by atoms with Crippen LogP contribution in [0.25, 0.3) is 10.2 Å². The number of piperazine rings is 1. The Labute approximate surface area is 159 Å². The Bertz CT molecular complexity index is 888. The van der Waals surface area contributed by atoms with Crippen LogP contribution in [0.5, 0.6) is 0 Å². The van der Waals surface area contributed by atoms with Crippen LogP contribution in [0.2, 0.25) is 0 Å². The zero-order chi connectivity index (χ0) is 17.9. The van der Waals surface area contributed by atoms with E-state index >= 15 is 0 Å². The summed E-state index contributed by atoms with van der Waals surface area (Å²) in [4.78, 5) is 21.7. The van der Waals surface area contributed by atoms with Gasteiger partial charge in [0.25, 0.3) is 5.91 Å². The standard InChI is InChI=1S/C18H19FN4OS2/c19-13-3-1-4-14-16(13)21-18(26-14)23-10-8-22(9-11-23)7-6-20-17(24)15-5-2-12-25-15/h1-5,12H,6-11H2,(H,20,24). The molecule has 1 fully saturated rings. The monoisotopic (exact) mass is 390 g/mol. The molecule has 0 unspecified atom stereocenters. The number of anilines is 1. The normalized spacial score (nSPS) is 15.5. The van der Waals surface area contributed by atoms with Gasteiger partial charge in [-0.05, 0) is 23.6 Å². The van der Waals surface area contributed by atoms with Gasteiger partial charge >= 0.3 is 0 Å². The number of aromatic nitrogens is 1. The average molecular weight is 391 g/mol. The van der Waals surface area contributed by atoms with Gasteiger partial charge in [-0.15, -0.1) is 11.3 Å². The van der Waals surface area contributed by atoms with Gasteiger partial charge in [-0.2, -0.15) is 0 Å². The molecule has 0 saturated carbocycles. The van der Waals surface area contributed by atoms with E-state index < -0.39 is 0 Å². The summed E-state index contributed by atoms with van der Waals surface area (Å²) < 4.78 is 14.7. The Morgan fingerprint density at radius 3 is 2.77 bits per heavy atom. The highest BCUT2D eigenvalue weighted by atomic mass is 32.1. The third-order valence-electron chi connectivity index (χ3n) is 4.46. The first-order valence-electron chi connectivity index (χ1n) is 8.55. The minimum Gasteiger partial charge on any atom is -0.350 e. The maximum atomic E-state index is 13.8. The number of amides is 1. The van der Waals surface area contributed by atoms with E-state index in [-0.39, 0.29) is 11.7 Å². The Kier molecular flexibility index (Phi) is 5.14. The first-order chi connectivity index (χ1) is 12.7. The van der Waals surface area contributed by atoms with Gasteiger partial charge in [-0.3, -0.25) is 9.69 Å². The summed E-state index contributed by atoms with van der Waals surface area (Å²) in [5.74, 6) is -0.264. The van der Waals surface area contributed by atoms with Crippen molar-refractivity contribution in [2.24, 2.45) is 0 Å². The molecule has 136 valence electrons. The van der Waals surface area contributed by atoms with Crippen LogP contribution in [-0.4, -0.2) is 55.1 Å². The minimum absolute atomic E-state index is 0.00450.